The van der Waals surface area contributed by atoms with Crippen molar-refractivity contribution in [3.63, 3.8) is 0 Å². The molecule has 136 valence electrons. The van der Waals surface area contributed by atoms with Crippen molar-refractivity contribution in [2.45, 2.75) is 96.2 Å². The average Bonchev–Trinajstić information content (AvgIpc) is 2.56. The van der Waals surface area contributed by atoms with E-state index in [1.807, 2.05) is 6.08 Å². The first-order valence-electron chi connectivity index (χ1n) is 9.21. The Labute approximate surface area is 141 Å². The molecular formula is C19H36O4. The van der Waals surface area contributed by atoms with Crippen molar-refractivity contribution >= 4 is 5.97 Å². The molecule has 0 aliphatic heterocycles. The summed E-state index contributed by atoms with van der Waals surface area (Å²) in [6, 6.07) is 0. The van der Waals surface area contributed by atoms with Crippen LogP contribution in [0.15, 0.2) is 12.2 Å². The first-order valence-corrected chi connectivity index (χ1v) is 9.21. The molecule has 0 aromatic rings. The van der Waals surface area contributed by atoms with Crippen molar-refractivity contribution in [2.75, 3.05) is 7.11 Å². The van der Waals surface area contributed by atoms with Crippen LogP contribution in [0.3, 0.4) is 0 Å². The predicted molar refractivity (Wildman–Crippen MR) is 94.2 cm³/mol. The van der Waals surface area contributed by atoms with E-state index < -0.39 is 12.2 Å². The van der Waals surface area contributed by atoms with Crippen molar-refractivity contribution in [1.82, 2.24) is 0 Å². The molecule has 0 spiro atoms. The Kier molecular flexibility index (Phi) is 15.4. The zero-order valence-corrected chi connectivity index (χ0v) is 15.0. The number of ether oxygens (including phenoxy) is 1. The third-order valence-electron chi connectivity index (χ3n) is 4.06. The molecule has 0 aliphatic carbocycles. The van der Waals surface area contributed by atoms with Crippen LogP contribution < -0.4 is 0 Å². The van der Waals surface area contributed by atoms with Gasteiger partial charge in [0.2, 0.25) is 0 Å². The highest BCUT2D eigenvalue weighted by Crippen LogP contribution is 2.12. The number of rotatable bonds is 15. The lowest BCUT2D eigenvalue weighted by atomic mass is 10.0. The van der Waals surface area contributed by atoms with Crippen molar-refractivity contribution in [2.24, 2.45) is 0 Å². The van der Waals surface area contributed by atoms with Crippen LogP contribution in [0.5, 0.6) is 0 Å². The fourth-order valence-electron chi connectivity index (χ4n) is 2.48. The number of carbonyl (C=O) groups is 1. The number of methoxy groups -OCH3 is 1. The summed E-state index contributed by atoms with van der Waals surface area (Å²) in [6.07, 6.45) is 14.1. The summed E-state index contributed by atoms with van der Waals surface area (Å²) < 4.78 is 4.59. The van der Waals surface area contributed by atoms with Crippen LogP contribution in [0.2, 0.25) is 0 Å². The van der Waals surface area contributed by atoms with Crippen LogP contribution in [-0.2, 0) is 9.53 Å². The highest BCUT2D eigenvalue weighted by atomic mass is 16.5. The van der Waals surface area contributed by atoms with Crippen LogP contribution >= 0.6 is 0 Å². The van der Waals surface area contributed by atoms with Crippen LogP contribution in [0, 0.1) is 0 Å². The molecule has 0 unspecified atom stereocenters. The molecule has 23 heavy (non-hydrogen) atoms. The molecule has 2 atom stereocenters. The van der Waals surface area contributed by atoms with Gasteiger partial charge in [-0.2, -0.15) is 0 Å². The largest absolute Gasteiger partial charge is 0.469 e. The number of hydrogen-bond donors (Lipinski definition) is 2. The fourth-order valence-corrected chi connectivity index (χ4v) is 2.48. The maximum absolute atomic E-state index is 10.9. The Bertz CT molecular complexity index is 302. The third kappa shape index (κ3) is 14.5. The van der Waals surface area contributed by atoms with Crippen molar-refractivity contribution < 1.29 is 19.7 Å². The second-order valence-electron chi connectivity index (χ2n) is 6.22. The molecule has 0 bridgehead atoms. The summed E-state index contributed by atoms with van der Waals surface area (Å²) in [5.41, 5.74) is 0. The first kappa shape index (κ1) is 22.1. The second kappa shape index (κ2) is 16.0. The minimum Gasteiger partial charge on any atom is -0.469 e. The monoisotopic (exact) mass is 328 g/mol. The summed E-state index contributed by atoms with van der Waals surface area (Å²) in [7, 11) is 1.41. The maximum Gasteiger partial charge on any atom is 0.305 e. The van der Waals surface area contributed by atoms with Gasteiger partial charge in [0.1, 0.15) is 0 Å². The Morgan fingerprint density at radius 2 is 1.65 bits per heavy atom. The molecule has 0 radical (unpaired) electrons. The fraction of sp³-hybridized carbons (Fsp3) is 0.842. The maximum atomic E-state index is 10.9. The van der Waals surface area contributed by atoms with E-state index in [4.69, 9.17) is 0 Å². The van der Waals surface area contributed by atoms with E-state index in [9.17, 15) is 15.0 Å². The van der Waals surface area contributed by atoms with Gasteiger partial charge in [0.15, 0.2) is 0 Å². The second-order valence-corrected chi connectivity index (χ2v) is 6.22. The highest BCUT2D eigenvalue weighted by Gasteiger charge is 2.12. The van der Waals surface area contributed by atoms with Crippen LogP contribution in [-0.4, -0.2) is 35.5 Å². The first-order chi connectivity index (χ1) is 11.1. The van der Waals surface area contributed by atoms with Crippen molar-refractivity contribution in [3.05, 3.63) is 12.2 Å². The summed E-state index contributed by atoms with van der Waals surface area (Å²) in [6.45, 7) is 2.19. The number of hydrogen-bond acceptors (Lipinski definition) is 4. The Morgan fingerprint density at radius 3 is 2.35 bits per heavy atom. The molecule has 0 aromatic heterocycles. The van der Waals surface area contributed by atoms with Gasteiger partial charge in [0.05, 0.1) is 19.3 Å². The molecule has 0 heterocycles. The minimum atomic E-state index is -0.750. The van der Waals surface area contributed by atoms with E-state index in [-0.39, 0.29) is 5.97 Å². The van der Waals surface area contributed by atoms with E-state index in [2.05, 4.69) is 11.7 Å². The van der Waals surface area contributed by atoms with Gasteiger partial charge in [-0.3, -0.25) is 4.79 Å². The van der Waals surface area contributed by atoms with E-state index >= 15 is 0 Å². The van der Waals surface area contributed by atoms with Crippen LogP contribution in [0.1, 0.15) is 84.0 Å². The Balaban J connectivity index is 3.51. The molecular weight excluding hydrogens is 292 g/mol. The molecule has 4 nitrogen and oxygen atoms in total. The number of allylic oxidation sites excluding steroid dienone is 1. The van der Waals surface area contributed by atoms with Gasteiger partial charge in [0.25, 0.3) is 0 Å². The van der Waals surface area contributed by atoms with Gasteiger partial charge < -0.3 is 14.9 Å². The SMILES string of the molecule is CCCCCC/C=C/[C@H](O)[C@@H](O)CCCCCCCC(=O)OC. The standard InChI is InChI=1S/C19H36O4/c1-3-4-5-6-8-11-14-17(20)18(21)15-12-9-7-10-13-16-19(22)23-2/h11,14,17-18,20-21H,3-10,12-13,15-16H2,1-2H3/b14-11+/t17-,18-/m0/s1. The lowest BCUT2D eigenvalue weighted by molar-refractivity contribution is -0.140. The predicted octanol–water partition coefficient (Wildman–Crippen LogP) is 4.14. The number of aliphatic hydroxyl groups is 2. The van der Waals surface area contributed by atoms with E-state index in [1.54, 1.807) is 6.08 Å². The van der Waals surface area contributed by atoms with Gasteiger partial charge in [-0.25, -0.2) is 0 Å². The van der Waals surface area contributed by atoms with Crippen LogP contribution in [0.25, 0.3) is 0 Å². The molecule has 0 rings (SSSR count). The van der Waals surface area contributed by atoms with Gasteiger partial charge in [-0.15, -0.1) is 0 Å². The van der Waals surface area contributed by atoms with Crippen molar-refractivity contribution in [3.8, 4) is 0 Å². The highest BCUT2D eigenvalue weighted by molar-refractivity contribution is 5.68. The number of aliphatic hydroxyl groups excluding tert-OH is 2. The normalized spacial score (nSPS) is 14.1. The van der Waals surface area contributed by atoms with Gasteiger partial charge in [0, 0.05) is 6.42 Å². The Hall–Kier alpha value is -0.870. The molecule has 0 saturated heterocycles. The topological polar surface area (TPSA) is 66.8 Å². The lowest BCUT2D eigenvalue weighted by Crippen LogP contribution is -2.23. The average molecular weight is 328 g/mol. The van der Waals surface area contributed by atoms with Gasteiger partial charge in [-0.05, 0) is 25.7 Å². The molecule has 4 heteroatoms. The molecule has 0 saturated carbocycles. The lowest BCUT2D eigenvalue weighted by Gasteiger charge is -2.14. The Morgan fingerprint density at radius 1 is 1.00 bits per heavy atom. The zero-order valence-electron chi connectivity index (χ0n) is 15.0. The van der Waals surface area contributed by atoms with Crippen molar-refractivity contribution in [1.29, 1.82) is 0 Å². The third-order valence-corrected chi connectivity index (χ3v) is 4.06. The quantitative estimate of drug-likeness (QED) is 0.269. The summed E-state index contributed by atoms with van der Waals surface area (Å²) in [4.78, 5) is 10.9. The molecule has 0 aliphatic rings. The van der Waals surface area contributed by atoms with E-state index in [0.29, 0.717) is 12.8 Å². The molecule has 0 amide bonds. The summed E-state index contributed by atoms with van der Waals surface area (Å²) in [5, 5.41) is 19.8. The van der Waals surface area contributed by atoms with Crippen LogP contribution in [0.4, 0.5) is 0 Å². The van der Waals surface area contributed by atoms with Gasteiger partial charge >= 0.3 is 5.97 Å². The number of esters is 1. The number of carbonyl (C=O) groups excluding carboxylic acids is 1. The smallest absolute Gasteiger partial charge is 0.305 e. The minimum absolute atomic E-state index is 0.148. The molecule has 0 aromatic carbocycles. The molecule has 2 N–H and O–H groups in total. The molecule has 0 fully saturated rings. The zero-order chi connectivity index (χ0) is 17.3. The van der Waals surface area contributed by atoms with E-state index in [1.165, 1.54) is 26.4 Å². The number of unbranched alkanes of at least 4 members (excludes halogenated alkanes) is 8. The van der Waals surface area contributed by atoms with Gasteiger partial charge in [-0.1, -0.05) is 64.0 Å². The summed E-state index contributed by atoms with van der Waals surface area (Å²) in [5.74, 6) is -0.148. The van der Waals surface area contributed by atoms with E-state index in [0.717, 1.165) is 44.9 Å². The summed E-state index contributed by atoms with van der Waals surface area (Å²) >= 11 is 0.